The highest BCUT2D eigenvalue weighted by molar-refractivity contribution is 5.85. The molecule has 6 nitrogen and oxygen atoms in total. The third-order valence-electron chi connectivity index (χ3n) is 15.1. The highest BCUT2D eigenvalue weighted by Crippen LogP contribution is 2.72. The molecule has 6 rings (SSSR count). The number of aliphatic hydroxyl groups excluding tert-OH is 1. The van der Waals surface area contributed by atoms with Crippen LogP contribution in [0.25, 0.3) is 0 Å². The zero-order valence-electron chi connectivity index (χ0n) is 33.3. The minimum atomic E-state index is -1.38. The highest BCUT2D eigenvalue weighted by Gasteiger charge is 2.75. The quantitative estimate of drug-likeness (QED) is 0.100. The van der Waals surface area contributed by atoms with Gasteiger partial charge in [-0.05, 0) is 99.0 Å². The number of benzene rings is 1. The van der Waals surface area contributed by atoms with E-state index in [0.717, 1.165) is 50.5 Å². The van der Waals surface area contributed by atoms with Crippen LogP contribution in [0.1, 0.15) is 155 Å². The molecule has 10 unspecified atom stereocenters. The number of aliphatic hydroxyl groups is 2. The van der Waals surface area contributed by atoms with Crippen molar-refractivity contribution in [1.29, 1.82) is 0 Å². The SMILES string of the molecule is CCCCCC1CCC(C2(C)CCC(O)C3(CCCC(C)CCCc4ccccc4)C2C2CC(C)(C#CCCC(=O)O2)C3(O)CCC2=CC(=O)OC2)C1. The first-order valence-electron chi connectivity index (χ1n) is 21.4. The molecular weight excluding hydrogens is 661 g/mol. The van der Waals surface area contributed by atoms with Crippen LogP contribution in [0.15, 0.2) is 42.0 Å². The Bertz CT molecular complexity index is 1510. The van der Waals surface area contributed by atoms with Gasteiger partial charge < -0.3 is 19.7 Å². The van der Waals surface area contributed by atoms with E-state index < -0.39 is 28.6 Å². The molecule has 53 heavy (non-hydrogen) atoms. The molecule has 3 fully saturated rings. The van der Waals surface area contributed by atoms with Crippen LogP contribution in [-0.4, -0.2) is 46.6 Å². The predicted octanol–water partition coefficient (Wildman–Crippen LogP) is 9.69. The molecule has 0 radical (unpaired) electrons. The van der Waals surface area contributed by atoms with Crippen LogP contribution < -0.4 is 0 Å². The molecule has 2 aliphatic heterocycles. The lowest BCUT2D eigenvalue weighted by Crippen LogP contribution is -2.76. The van der Waals surface area contributed by atoms with Gasteiger partial charge in [-0.2, -0.15) is 0 Å². The molecule has 0 amide bonds. The number of cyclic esters (lactones) is 1. The van der Waals surface area contributed by atoms with Crippen LogP contribution in [0.3, 0.4) is 0 Å². The fourth-order valence-electron chi connectivity index (χ4n) is 12.3. The summed E-state index contributed by atoms with van der Waals surface area (Å²) < 4.78 is 11.9. The normalized spacial score (nSPS) is 37.2. The number of hydrogen-bond acceptors (Lipinski definition) is 6. The van der Waals surface area contributed by atoms with E-state index in [1.807, 2.05) is 0 Å². The number of fused-ring (bicyclic) bond motifs is 4. The van der Waals surface area contributed by atoms with Gasteiger partial charge in [0.1, 0.15) is 12.7 Å². The molecule has 2 bridgehead atoms. The number of unbranched alkanes of at least 4 members (excludes halogenated alkanes) is 2. The summed E-state index contributed by atoms with van der Waals surface area (Å²) >= 11 is 0. The second-order valence-corrected chi connectivity index (χ2v) is 18.5. The summed E-state index contributed by atoms with van der Waals surface area (Å²) in [5.74, 6) is 7.77. The Morgan fingerprint density at radius 2 is 1.77 bits per heavy atom. The fourth-order valence-corrected chi connectivity index (χ4v) is 12.3. The van der Waals surface area contributed by atoms with Crippen molar-refractivity contribution in [3.05, 3.63) is 47.5 Å². The van der Waals surface area contributed by atoms with Crippen molar-refractivity contribution in [2.45, 2.75) is 174 Å². The molecule has 5 aliphatic rings. The number of hydrogen-bond donors (Lipinski definition) is 2. The number of rotatable bonds is 16. The van der Waals surface area contributed by atoms with E-state index in [1.54, 1.807) is 6.08 Å². The molecule has 6 heteroatoms. The van der Waals surface area contributed by atoms with E-state index in [4.69, 9.17) is 9.47 Å². The fraction of sp³-hybridized carbons (Fsp3) is 0.745. The van der Waals surface area contributed by atoms with Gasteiger partial charge in [-0.15, -0.1) is 5.92 Å². The highest BCUT2D eigenvalue weighted by atomic mass is 16.5. The van der Waals surface area contributed by atoms with Crippen molar-refractivity contribution in [3.8, 4) is 11.8 Å². The first kappa shape index (κ1) is 40.1. The molecule has 1 aromatic rings. The topological polar surface area (TPSA) is 93.1 Å². The van der Waals surface area contributed by atoms with Crippen LogP contribution in [0.2, 0.25) is 0 Å². The second kappa shape index (κ2) is 17.0. The van der Waals surface area contributed by atoms with Crippen LogP contribution in [-0.2, 0) is 25.5 Å². The van der Waals surface area contributed by atoms with Gasteiger partial charge in [0.25, 0.3) is 0 Å². The molecule has 3 saturated carbocycles. The van der Waals surface area contributed by atoms with Crippen molar-refractivity contribution in [2.75, 3.05) is 6.61 Å². The second-order valence-electron chi connectivity index (χ2n) is 18.5. The summed E-state index contributed by atoms with van der Waals surface area (Å²) in [7, 11) is 0. The number of carbonyl (C=O) groups is 2. The smallest absolute Gasteiger partial charge is 0.331 e. The molecule has 2 heterocycles. The van der Waals surface area contributed by atoms with Gasteiger partial charge in [0.15, 0.2) is 0 Å². The molecule has 0 spiro atoms. The summed E-state index contributed by atoms with van der Waals surface area (Å²) in [5, 5.41) is 26.7. The predicted molar refractivity (Wildman–Crippen MR) is 209 cm³/mol. The van der Waals surface area contributed by atoms with Crippen molar-refractivity contribution >= 4 is 11.9 Å². The van der Waals surface area contributed by atoms with Crippen molar-refractivity contribution in [1.82, 2.24) is 0 Å². The minimum Gasteiger partial charge on any atom is -0.462 e. The third-order valence-corrected chi connectivity index (χ3v) is 15.1. The number of carbonyl (C=O) groups excluding carboxylic acids is 2. The minimum absolute atomic E-state index is 0.205. The Morgan fingerprint density at radius 1 is 0.981 bits per heavy atom. The Labute approximate surface area is 320 Å². The monoisotopic (exact) mass is 729 g/mol. The summed E-state index contributed by atoms with van der Waals surface area (Å²) in [6.45, 7) is 9.37. The van der Waals surface area contributed by atoms with Crippen molar-refractivity contribution in [2.24, 2.45) is 39.9 Å². The van der Waals surface area contributed by atoms with Gasteiger partial charge >= 0.3 is 11.9 Å². The molecule has 2 N–H and O–H groups in total. The Hall–Kier alpha value is -2.62. The Balaban J connectivity index is 1.37. The maximum atomic E-state index is 13.9. The van der Waals surface area contributed by atoms with Gasteiger partial charge in [0.2, 0.25) is 0 Å². The zero-order chi connectivity index (χ0) is 37.7. The van der Waals surface area contributed by atoms with Gasteiger partial charge in [-0.25, -0.2) is 4.79 Å². The van der Waals surface area contributed by atoms with Gasteiger partial charge in [-0.1, -0.05) is 108 Å². The van der Waals surface area contributed by atoms with Crippen LogP contribution in [0.5, 0.6) is 0 Å². The lowest BCUT2D eigenvalue weighted by Gasteiger charge is -2.71. The summed E-state index contributed by atoms with van der Waals surface area (Å²) in [6, 6.07) is 10.7. The molecule has 1 aromatic carbocycles. The molecule has 292 valence electrons. The molecule has 0 saturated heterocycles. The lowest BCUT2D eigenvalue weighted by atomic mass is 9.36. The van der Waals surface area contributed by atoms with E-state index >= 15 is 0 Å². The number of aryl methyl sites for hydroxylation is 1. The third kappa shape index (κ3) is 8.18. The Morgan fingerprint density at radius 3 is 2.53 bits per heavy atom. The summed E-state index contributed by atoms with van der Waals surface area (Å²) in [5.41, 5.74) is -1.19. The Kier molecular flexibility index (Phi) is 12.9. The first-order chi connectivity index (χ1) is 25.4. The lowest BCUT2D eigenvalue weighted by molar-refractivity contribution is -0.313. The molecule has 10 atom stereocenters. The van der Waals surface area contributed by atoms with Gasteiger partial charge in [-0.3, -0.25) is 4.79 Å². The average molecular weight is 729 g/mol. The average Bonchev–Trinajstić information content (AvgIpc) is 3.80. The van der Waals surface area contributed by atoms with E-state index in [-0.39, 0.29) is 36.3 Å². The standard InChI is InChI=1S/C47H68O6/c1-5-6-8-19-36-22-23-38(30-36)45(4)28-25-40(48)46(27-14-16-34(2)15-13-20-35-17-9-7-10-18-35)43(45)39-32-44(3,26-12-11-21-41(49)53-39)47(46,51)29-24-37-31-42(50)52-33-37/h7,9-10,17-18,31,34,36,38-40,43,48,51H,5-6,8,11,13-16,19-25,27-30,32-33H2,1-4H3. The van der Waals surface area contributed by atoms with E-state index in [0.29, 0.717) is 56.3 Å². The van der Waals surface area contributed by atoms with Gasteiger partial charge in [0.05, 0.1) is 23.5 Å². The zero-order valence-corrected chi connectivity index (χ0v) is 33.3. The molecule has 3 aliphatic carbocycles. The molecular formula is C47H68O6. The van der Waals surface area contributed by atoms with Crippen LogP contribution in [0, 0.1) is 51.8 Å². The van der Waals surface area contributed by atoms with Crippen LogP contribution in [0.4, 0.5) is 0 Å². The maximum absolute atomic E-state index is 13.9. The number of ether oxygens (including phenoxy) is 2. The first-order valence-corrected chi connectivity index (χ1v) is 21.4. The summed E-state index contributed by atoms with van der Waals surface area (Å²) in [6.07, 6.45) is 18.3. The van der Waals surface area contributed by atoms with E-state index in [1.165, 1.54) is 44.1 Å². The van der Waals surface area contributed by atoms with Crippen LogP contribution >= 0.6 is 0 Å². The largest absolute Gasteiger partial charge is 0.462 e. The molecule has 0 aromatic heterocycles. The van der Waals surface area contributed by atoms with Gasteiger partial charge in [0, 0.05) is 30.3 Å². The van der Waals surface area contributed by atoms with Crippen molar-refractivity contribution in [3.63, 3.8) is 0 Å². The van der Waals surface area contributed by atoms with Crippen molar-refractivity contribution < 1.29 is 29.3 Å². The number of esters is 2. The maximum Gasteiger partial charge on any atom is 0.331 e. The van der Waals surface area contributed by atoms with E-state index in [9.17, 15) is 19.8 Å². The van der Waals surface area contributed by atoms with E-state index in [2.05, 4.69) is 69.9 Å². The summed E-state index contributed by atoms with van der Waals surface area (Å²) in [4.78, 5) is 25.7.